The van der Waals surface area contributed by atoms with E-state index < -0.39 is 13.6 Å². The van der Waals surface area contributed by atoms with Crippen molar-refractivity contribution < 1.29 is 19.1 Å². The second-order valence-electron chi connectivity index (χ2n) is 2.71. The van der Waals surface area contributed by atoms with E-state index in [1.165, 1.54) is 24.3 Å². The number of nitrogens with zero attached hydrogens (tertiary/aromatic N) is 1. The fourth-order valence-corrected chi connectivity index (χ4v) is 1.59. The summed E-state index contributed by atoms with van der Waals surface area (Å²) >= 11 is 3.79. The Hall–Kier alpha value is -1.01. The predicted octanol–water partition coefficient (Wildman–Crippen LogP) is 0.220. The first kappa shape index (κ1) is 12.1. The molecule has 2 amide bonds. The molecule has 6 nitrogen and oxygen atoms in total. The van der Waals surface area contributed by atoms with Crippen LogP contribution in [0.5, 0.6) is 0 Å². The number of rotatable bonds is 2. The molecule has 0 aliphatic heterocycles. The molecule has 0 heterocycles. The fraction of sp³-hybridized carbons (Fsp3) is 0. The minimum atomic E-state index is -4.25. The van der Waals surface area contributed by atoms with Gasteiger partial charge in [0.1, 0.15) is 0 Å². The number of urea groups is 1. The van der Waals surface area contributed by atoms with Crippen molar-refractivity contribution in [1.29, 1.82) is 0 Å². The maximum Gasteiger partial charge on any atom is 0.356 e. The molecule has 1 aromatic carbocycles. The minimum absolute atomic E-state index is 0.127. The van der Waals surface area contributed by atoms with E-state index in [9.17, 15) is 9.36 Å². The highest BCUT2D eigenvalue weighted by Gasteiger charge is 2.17. The molecule has 1 rings (SSSR count). The van der Waals surface area contributed by atoms with E-state index in [2.05, 4.69) is 12.8 Å². The lowest BCUT2D eigenvalue weighted by molar-refractivity contribution is 0.257. The molecule has 8 heteroatoms. The van der Waals surface area contributed by atoms with Crippen LogP contribution in [0.15, 0.2) is 24.3 Å². The highest BCUT2D eigenvalue weighted by atomic mass is 32.1. The van der Waals surface area contributed by atoms with Gasteiger partial charge < -0.3 is 15.5 Å². The van der Waals surface area contributed by atoms with Gasteiger partial charge in [0.05, 0.1) is 11.0 Å². The number of nitrogens with two attached hydrogens (primary N) is 1. The van der Waals surface area contributed by atoms with Crippen LogP contribution in [0.3, 0.4) is 0 Å². The van der Waals surface area contributed by atoms with Crippen LogP contribution in [0.2, 0.25) is 0 Å². The molecule has 0 fully saturated rings. The Bertz CT molecular complexity index is 416. The van der Waals surface area contributed by atoms with Gasteiger partial charge in [0.25, 0.3) is 0 Å². The standard InChI is InChI=1S/C7H9N2O4PS/c8-7(10)9(15)5-1-3-6(4-2-5)14(11,12)13/h1-4,15H,(H2,8,10)(H2,11,12,13). The predicted molar refractivity (Wildman–Crippen MR) is 59.2 cm³/mol. The van der Waals surface area contributed by atoms with Crippen LogP contribution >= 0.6 is 20.4 Å². The molecule has 82 valence electrons. The van der Waals surface area contributed by atoms with Crippen molar-refractivity contribution in [3.05, 3.63) is 24.3 Å². The molecule has 0 bridgehead atoms. The SMILES string of the molecule is NC(=O)N(S)c1ccc(P(=O)(O)O)cc1. The van der Waals surface area contributed by atoms with Gasteiger partial charge >= 0.3 is 13.6 Å². The maximum absolute atomic E-state index is 10.8. The van der Waals surface area contributed by atoms with E-state index in [4.69, 9.17) is 15.5 Å². The van der Waals surface area contributed by atoms with Gasteiger partial charge in [-0.1, -0.05) is 12.8 Å². The van der Waals surface area contributed by atoms with Crippen LogP contribution in [-0.4, -0.2) is 15.8 Å². The average molecular weight is 248 g/mol. The number of carbonyl (C=O) groups excluding carboxylic acids is 1. The van der Waals surface area contributed by atoms with Gasteiger partial charge in [-0.2, -0.15) is 0 Å². The van der Waals surface area contributed by atoms with E-state index >= 15 is 0 Å². The Balaban J connectivity index is 3.00. The number of hydrogen-bond donors (Lipinski definition) is 4. The lowest BCUT2D eigenvalue weighted by Crippen LogP contribution is -2.27. The van der Waals surface area contributed by atoms with Crippen LogP contribution in [0.25, 0.3) is 0 Å². The summed E-state index contributed by atoms with van der Waals surface area (Å²) in [6.45, 7) is 0. The maximum atomic E-state index is 10.8. The number of anilines is 1. The summed E-state index contributed by atoms with van der Waals surface area (Å²) in [5.74, 6) is 0. The Morgan fingerprint density at radius 2 is 1.80 bits per heavy atom. The summed E-state index contributed by atoms with van der Waals surface area (Å²) < 4.78 is 11.7. The van der Waals surface area contributed by atoms with Gasteiger partial charge in [0, 0.05) is 0 Å². The molecule has 0 saturated carbocycles. The molecular formula is C7H9N2O4PS. The molecule has 0 atom stereocenters. The largest absolute Gasteiger partial charge is 0.356 e. The molecule has 1 aromatic rings. The first-order chi connectivity index (χ1) is 6.82. The summed E-state index contributed by atoms with van der Waals surface area (Å²) in [6, 6.07) is 4.32. The lowest BCUT2D eigenvalue weighted by Gasteiger charge is -2.13. The molecule has 0 aromatic heterocycles. The third kappa shape index (κ3) is 2.97. The van der Waals surface area contributed by atoms with Crippen molar-refractivity contribution in [2.45, 2.75) is 0 Å². The Kier molecular flexibility index (Phi) is 3.41. The smallest absolute Gasteiger partial charge is 0.350 e. The van der Waals surface area contributed by atoms with E-state index in [0.717, 1.165) is 4.31 Å². The van der Waals surface area contributed by atoms with Gasteiger partial charge in [-0.15, -0.1) is 0 Å². The topological polar surface area (TPSA) is 104 Å². The summed E-state index contributed by atoms with van der Waals surface area (Å²) in [7, 11) is -4.25. The zero-order chi connectivity index (χ0) is 11.6. The number of hydrogen-bond acceptors (Lipinski definition) is 3. The first-order valence-electron chi connectivity index (χ1n) is 3.77. The van der Waals surface area contributed by atoms with Crippen LogP contribution in [0, 0.1) is 0 Å². The summed E-state index contributed by atoms with van der Waals surface area (Å²) in [6.07, 6.45) is 0. The lowest BCUT2D eigenvalue weighted by atomic mass is 10.3. The second kappa shape index (κ2) is 4.24. The zero-order valence-electron chi connectivity index (χ0n) is 7.44. The first-order valence-corrected chi connectivity index (χ1v) is 5.78. The van der Waals surface area contributed by atoms with Gasteiger partial charge in [-0.25, -0.2) is 9.10 Å². The quantitative estimate of drug-likeness (QED) is 0.444. The van der Waals surface area contributed by atoms with Crippen molar-refractivity contribution >= 4 is 37.4 Å². The van der Waals surface area contributed by atoms with Crippen LogP contribution in [0.4, 0.5) is 10.5 Å². The van der Waals surface area contributed by atoms with Gasteiger partial charge in [0.15, 0.2) is 0 Å². The van der Waals surface area contributed by atoms with E-state index in [-0.39, 0.29) is 5.30 Å². The average Bonchev–Trinajstić information content (AvgIpc) is 2.15. The Morgan fingerprint density at radius 1 is 1.33 bits per heavy atom. The number of primary amides is 1. The zero-order valence-corrected chi connectivity index (χ0v) is 9.23. The molecule has 0 unspecified atom stereocenters. The summed E-state index contributed by atoms with van der Waals surface area (Å²) in [5, 5.41) is -0.127. The van der Waals surface area contributed by atoms with E-state index in [1.807, 2.05) is 0 Å². The van der Waals surface area contributed by atoms with Crippen LogP contribution in [0.1, 0.15) is 0 Å². The minimum Gasteiger partial charge on any atom is -0.350 e. The molecule has 0 aliphatic carbocycles. The molecule has 0 radical (unpaired) electrons. The summed E-state index contributed by atoms with van der Waals surface area (Å²) in [5.41, 5.74) is 5.29. The van der Waals surface area contributed by atoms with E-state index in [1.54, 1.807) is 0 Å². The molecular weight excluding hydrogens is 239 g/mol. The molecule has 4 N–H and O–H groups in total. The highest BCUT2D eigenvalue weighted by Crippen LogP contribution is 2.33. The number of benzene rings is 1. The highest BCUT2D eigenvalue weighted by molar-refractivity contribution is 7.82. The van der Waals surface area contributed by atoms with Gasteiger partial charge in [0.2, 0.25) is 0 Å². The third-order valence-corrected chi connectivity index (χ3v) is 3.04. The van der Waals surface area contributed by atoms with Crippen LogP contribution < -0.4 is 15.3 Å². The summed E-state index contributed by atoms with van der Waals surface area (Å²) in [4.78, 5) is 28.3. The normalized spacial score (nSPS) is 11.1. The number of carbonyl (C=O) groups is 1. The molecule has 0 spiro atoms. The molecule has 0 aliphatic rings. The van der Waals surface area contributed by atoms with Crippen molar-refractivity contribution in [3.8, 4) is 0 Å². The van der Waals surface area contributed by atoms with Gasteiger partial charge in [-0.3, -0.25) is 4.57 Å². The van der Waals surface area contributed by atoms with Crippen LogP contribution in [-0.2, 0) is 4.57 Å². The Morgan fingerprint density at radius 3 is 2.13 bits per heavy atom. The number of amides is 2. The second-order valence-corrected chi connectivity index (χ2v) is 4.71. The monoisotopic (exact) mass is 248 g/mol. The van der Waals surface area contributed by atoms with Crippen molar-refractivity contribution in [1.82, 2.24) is 0 Å². The van der Waals surface area contributed by atoms with Crippen molar-refractivity contribution in [3.63, 3.8) is 0 Å². The van der Waals surface area contributed by atoms with E-state index in [0.29, 0.717) is 5.69 Å². The number of thiol groups is 1. The molecule has 0 saturated heterocycles. The molecule has 15 heavy (non-hydrogen) atoms. The Labute approximate surface area is 91.4 Å². The van der Waals surface area contributed by atoms with Crippen molar-refractivity contribution in [2.24, 2.45) is 5.73 Å². The fourth-order valence-electron chi connectivity index (χ4n) is 0.915. The third-order valence-electron chi connectivity index (χ3n) is 1.64. The van der Waals surface area contributed by atoms with Gasteiger partial charge in [-0.05, 0) is 24.3 Å². The van der Waals surface area contributed by atoms with Crippen molar-refractivity contribution in [2.75, 3.05) is 4.31 Å².